The number of hydrogen-bond donors (Lipinski definition) is 0. The molecule has 0 bridgehead atoms. The van der Waals surface area contributed by atoms with Crippen LogP contribution in [0.2, 0.25) is 5.02 Å². The Bertz CT molecular complexity index is 1180. The van der Waals surface area contributed by atoms with Crippen molar-refractivity contribution in [1.29, 1.82) is 5.26 Å². The van der Waals surface area contributed by atoms with Gasteiger partial charge in [0.05, 0.1) is 11.2 Å². The smallest absolute Gasteiger partial charge is 0.270 e. The van der Waals surface area contributed by atoms with E-state index in [1.807, 2.05) is 30.3 Å². The maximum atomic E-state index is 12.8. The lowest BCUT2D eigenvalue weighted by molar-refractivity contribution is 0.250. The topological polar surface area (TPSA) is 65.2 Å². The minimum absolute atomic E-state index is 0.144. The molecule has 2 aromatic heterocycles. The van der Waals surface area contributed by atoms with Crippen molar-refractivity contribution in [1.82, 2.24) is 14.5 Å². The molecular formula is C21H19BrClN5O. The molecule has 0 spiro atoms. The molecule has 1 aromatic carbocycles. The van der Waals surface area contributed by atoms with Crippen molar-refractivity contribution in [2.75, 3.05) is 31.1 Å². The molecule has 4 rings (SSSR count). The first-order valence-corrected chi connectivity index (χ1v) is 10.5. The third-order valence-corrected chi connectivity index (χ3v) is 6.14. The first kappa shape index (κ1) is 19.9. The van der Waals surface area contributed by atoms with E-state index >= 15 is 0 Å². The fourth-order valence-corrected chi connectivity index (χ4v) is 4.28. The molecule has 0 radical (unpaired) electrons. The molecule has 1 aliphatic rings. The SMILES string of the molecule is Cn1c(=O)c(C#N)c(N2CCN(Cc3ccccc3Cl)CC2)c2nc(Br)ccc21. The molecule has 3 heterocycles. The number of hydrogen-bond acceptors (Lipinski definition) is 5. The Morgan fingerprint density at radius 1 is 1.17 bits per heavy atom. The molecule has 1 saturated heterocycles. The zero-order chi connectivity index (χ0) is 20.5. The lowest BCUT2D eigenvalue weighted by Gasteiger charge is -2.36. The average molecular weight is 473 g/mol. The number of aromatic nitrogens is 2. The van der Waals surface area contributed by atoms with Gasteiger partial charge in [-0.2, -0.15) is 5.26 Å². The maximum Gasteiger partial charge on any atom is 0.270 e. The predicted molar refractivity (Wildman–Crippen MR) is 118 cm³/mol. The minimum Gasteiger partial charge on any atom is -0.366 e. The maximum absolute atomic E-state index is 12.8. The lowest BCUT2D eigenvalue weighted by Crippen LogP contribution is -2.47. The van der Waals surface area contributed by atoms with Gasteiger partial charge in [0, 0.05) is 44.8 Å². The van der Waals surface area contributed by atoms with Crippen molar-refractivity contribution in [2.45, 2.75) is 6.54 Å². The van der Waals surface area contributed by atoms with Crippen LogP contribution in [0.3, 0.4) is 0 Å². The summed E-state index contributed by atoms with van der Waals surface area (Å²) in [5.41, 5.74) is 2.96. The second kappa shape index (κ2) is 8.15. The van der Waals surface area contributed by atoms with Gasteiger partial charge in [-0.25, -0.2) is 4.98 Å². The van der Waals surface area contributed by atoms with Crippen molar-refractivity contribution < 1.29 is 0 Å². The number of pyridine rings is 2. The number of halogens is 2. The van der Waals surface area contributed by atoms with E-state index in [2.05, 4.69) is 36.8 Å². The minimum atomic E-state index is -0.294. The van der Waals surface area contributed by atoms with Crippen LogP contribution in [0.4, 0.5) is 5.69 Å². The normalized spacial score (nSPS) is 14.9. The second-order valence-electron chi connectivity index (χ2n) is 7.06. The molecule has 1 aliphatic heterocycles. The summed E-state index contributed by atoms with van der Waals surface area (Å²) in [5, 5.41) is 10.5. The third kappa shape index (κ3) is 3.76. The third-order valence-electron chi connectivity index (χ3n) is 5.33. The average Bonchev–Trinajstić information content (AvgIpc) is 2.73. The molecule has 0 N–H and O–H groups in total. The van der Waals surface area contributed by atoms with Crippen LogP contribution in [0.1, 0.15) is 11.1 Å². The van der Waals surface area contributed by atoms with Crippen LogP contribution in [0.15, 0.2) is 45.8 Å². The molecule has 0 atom stereocenters. The highest BCUT2D eigenvalue weighted by atomic mass is 79.9. The molecule has 1 fully saturated rings. The van der Waals surface area contributed by atoms with E-state index in [0.717, 1.165) is 30.2 Å². The van der Waals surface area contributed by atoms with E-state index in [-0.39, 0.29) is 11.1 Å². The number of fused-ring (bicyclic) bond motifs is 1. The number of nitrogens with zero attached hydrogens (tertiary/aromatic N) is 5. The molecule has 0 amide bonds. The summed E-state index contributed by atoms with van der Waals surface area (Å²) in [6.45, 7) is 3.80. The number of aryl methyl sites for hydroxylation is 1. The van der Waals surface area contributed by atoms with Crippen LogP contribution in [0.25, 0.3) is 11.0 Å². The van der Waals surface area contributed by atoms with Gasteiger partial charge in [0.25, 0.3) is 5.56 Å². The van der Waals surface area contributed by atoms with Crippen LogP contribution in [0.5, 0.6) is 0 Å². The fourth-order valence-electron chi connectivity index (χ4n) is 3.78. The molecule has 0 aliphatic carbocycles. The molecule has 0 saturated carbocycles. The quantitative estimate of drug-likeness (QED) is 0.546. The lowest BCUT2D eigenvalue weighted by atomic mass is 10.1. The summed E-state index contributed by atoms with van der Waals surface area (Å²) in [7, 11) is 1.67. The van der Waals surface area contributed by atoms with Gasteiger partial charge in [0.2, 0.25) is 0 Å². The highest BCUT2D eigenvalue weighted by Crippen LogP contribution is 2.29. The summed E-state index contributed by atoms with van der Waals surface area (Å²) < 4.78 is 2.16. The molecular weight excluding hydrogens is 454 g/mol. The van der Waals surface area contributed by atoms with Gasteiger partial charge in [-0.1, -0.05) is 29.8 Å². The fraction of sp³-hybridized carbons (Fsp3) is 0.286. The molecule has 29 heavy (non-hydrogen) atoms. The highest BCUT2D eigenvalue weighted by molar-refractivity contribution is 9.10. The predicted octanol–water partition coefficient (Wildman–Crippen LogP) is 3.54. The van der Waals surface area contributed by atoms with E-state index in [9.17, 15) is 10.1 Å². The number of piperazine rings is 1. The largest absolute Gasteiger partial charge is 0.366 e. The molecule has 6 nitrogen and oxygen atoms in total. The van der Waals surface area contributed by atoms with Gasteiger partial charge < -0.3 is 9.47 Å². The van der Waals surface area contributed by atoms with Crippen LogP contribution in [-0.4, -0.2) is 40.6 Å². The molecule has 0 unspecified atom stereocenters. The van der Waals surface area contributed by atoms with Crippen LogP contribution < -0.4 is 10.5 Å². The van der Waals surface area contributed by atoms with Crippen molar-refractivity contribution in [3.63, 3.8) is 0 Å². The monoisotopic (exact) mass is 471 g/mol. The number of anilines is 1. The molecule has 3 aromatic rings. The van der Waals surface area contributed by atoms with Crippen molar-refractivity contribution >= 4 is 44.3 Å². The Balaban J connectivity index is 1.66. The number of benzene rings is 1. The standard InChI is InChI=1S/C21H19BrClN5O/c1-26-17-6-7-18(22)25-19(17)20(15(12-24)21(26)29)28-10-8-27(9-11-28)13-14-4-2-3-5-16(14)23/h2-7H,8-11,13H2,1H3. The van der Waals surface area contributed by atoms with Crippen LogP contribution in [0, 0.1) is 11.3 Å². The summed E-state index contributed by atoms with van der Waals surface area (Å²) in [4.78, 5) is 21.8. The number of nitriles is 1. The zero-order valence-electron chi connectivity index (χ0n) is 15.9. The first-order valence-electron chi connectivity index (χ1n) is 9.29. The first-order chi connectivity index (χ1) is 14.0. The van der Waals surface area contributed by atoms with E-state index < -0.39 is 0 Å². The van der Waals surface area contributed by atoms with Crippen LogP contribution in [-0.2, 0) is 13.6 Å². The summed E-state index contributed by atoms with van der Waals surface area (Å²) in [6.07, 6.45) is 0. The highest BCUT2D eigenvalue weighted by Gasteiger charge is 2.25. The van der Waals surface area contributed by atoms with Crippen molar-refractivity contribution in [2.24, 2.45) is 7.05 Å². The van der Waals surface area contributed by atoms with E-state index in [0.29, 0.717) is 34.4 Å². The summed E-state index contributed by atoms with van der Waals surface area (Å²) in [5.74, 6) is 0. The van der Waals surface area contributed by atoms with Gasteiger partial charge >= 0.3 is 0 Å². The van der Waals surface area contributed by atoms with E-state index in [4.69, 9.17) is 11.6 Å². The van der Waals surface area contributed by atoms with Gasteiger partial charge in [-0.15, -0.1) is 0 Å². The van der Waals surface area contributed by atoms with Crippen molar-refractivity contribution in [3.8, 4) is 6.07 Å². The van der Waals surface area contributed by atoms with Gasteiger partial charge in [-0.05, 0) is 39.7 Å². The van der Waals surface area contributed by atoms with E-state index in [1.165, 1.54) is 4.57 Å². The second-order valence-corrected chi connectivity index (χ2v) is 8.28. The Morgan fingerprint density at radius 3 is 2.59 bits per heavy atom. The van der Waals surface area contributed by atoms with Gasteiger partial charge in [0.15, 0.2) is 0 Å². The Labute approximate surface area is 182 Å². The molecule has 148 valence electrons. The van der Waals surface area contributed by atoms with Gasteiger partial charge in [0.1, 0.15) is 21.8 Å². The Hall–Kier alpha value is -2.40. The van der Waals surface area contributed by atoms with Crippen LogP contribution >= 0.6 is 27.5 Å². The Kier molecular flexibility index (Phi) is 5.59. The summed E-state index contributed by atoms with van der Waals surface area (Å²) >= 11 is 9.71. The summed E-state index contributed by atoms with van der Waals surface area (Å²) in [6, 6.07) is 13.6. The molecule has 8 heteroatoms. The Morgan fingerprint density at radius 2 is 1.90 bits per heavy atom. The van der Waals surface area contributed by atoms with Gasteiger partial charge in [-0.3, -0.25) is 9.69 Å². The van der Waals surface area contributed by atoms with Crippen molar-refractivity contribution in [3.05, 3.63) is 67.5 Å². The van der Waals surface area contributed by atoms with E-state index in [1.54, 1.807) is 13.1 Å². The number of rotatable bonds is 3. The zero-order valence-corrected chi connectivity index (χ0v) is 18.2.